The molecule has 1 aliphatic rings. The van der Waals surface area contributed by atoms with Crippen molar-refractivity contribution in [3.05, 3.63) is 0 Å². The molecule has 0 aromatic rings. The monoisotopic (exact) mass is 256 g/mol. The molecule has 106 valence electrons. The first-order chi connectivity index (χ1) is 8.76. The highest BCUT2D eigenvalue weighted by molar-refractivity contribution is 5.79. The molecule has 0 aromatic heterocycles. The van der Waals surface area contributed by atoms with Gasteiger partial charge in [-0.15, -0.1) is 0 Å². The van der Waals surface area contributed by atoms with E-state index in [1.807, 2.05) is 0 Å². The molecule has 5 nitrogen and oxygen atoms in total. The van der Waals surface area contributed by atoms with Gasteiger partial charge in [0.1, 0.15) is 0 Å². The van der Waals surface area contributed by atoms with E-state index in [9.17, 15) is 0 Å². The molecular weight excluding hydrogens is 228 g/mol. The maximum absolute atomic E-state index is 5.09. The van der Waals surface area contributed by atoms with Crippen LogP contribution in [-0.2, 0) is 4.74 Å². The van der Waals surface area contributed by atoms with Crippen LogP contribution in [0.15, 0.2) is 4.99 Å². The second-order valence-electron chi connectivity index (χ2n) is 4.90. The molecule has 1 aliphatic heterocycles. The Kier molecular flexibility index (Phi) is 7.76. The standard InChI is InChI=1S/C13H28N4O/c1-12(11-18-3)16-13(14-2)15-7-6-10-17-8-4-5-9-17/h12H,4-11H2,1-3H3,(H2,14,15,16). The molecule has 0 bridgehead atoms. The van der Waals surface area contributed by atoms with Crippen LogP contribution in [0.5, 0.6) is 0 Å². The lowest BCUT2D eigenvalue weighted by atomic mass is 10.3. The molecule has 1 rings (SSSR count). The fraction of sp³-hybridized carbons (Fsp3) is 0.923. The third kappa shape index (κ3) is 6.21. The van der Waals surface area contributed by atoms with Crippen LogP contribution in [0, 0.1) is 0 Å². The molecule has 0 radical (unpaired) electrons. The Hall–Kier alpha value is -0.810. The zero-order valence-corrected chi connectivity index (χ0v) is 12.0. The lowest BCUT2D eigenvalue weighted by Crippen LogP contribution is -2.44. The lowest BCUT2D eigenvalue weighted by molar-refractivity contribution is 0.179. The van der Waals surface area contributed by atoms with E-state index in [0.717, 1.165) is 12.5 Å². The van der Waals surface area contributed by atoms with Gasteiger partial charge in [0.15, 0.2) is 5.96 Å². The molecule has 18 heavy (non-hydrogen) atoms. The zero-order valence-electron chi connectivity index (χ0n) is 12.0. The summed E-state index contributed by atoms with van der Waals surface area (Å²) in [4.78, 5) is 6.74. The summed E-state index contributed by atoms with van der Waals surface area (Å²) in [5.74, 6) is 0.862. The van der Waals surface area contributed by atoms with Crippen molar-refractivity contribution in [2.45, 2.75) is 32.2 Å². The van der Waals surface area contributed by atoms with Crippen molar-refractivity contribution in [2.24, 2.45) is 4.99 Å². The summed E-state index contributed by atoms with van der Waals surface area (Å²) in [5, 5.41) is 6.64. The Morgan fingerprint density at radius 1 is 1.39 bits per heavy atom. The zero-order chi connectivity index (χ0) is 13.2. The average molecular weight is 256 g/mol. The molecular formula is C13H28N4O. The number of nitrogens with one attached hydrogen (secondary N) is 2. The quantitative estimate of drug-likeness (QED) is 0.399. The molecule has 0 amide bonds. The molecule has 0 aliphatic carbocycles. The van der Waals surface area contributed by atoms with Crippen LogP contribution >= 0.6 is 0 Å². The molecule has 1 heterocycles. The Morgan fingerprint density at radius 3 is 2.72 bits per heavy atom. The molecule has 1 atom stereocenters. The average Bonchev–Trinajstić information content (AvgIpc) is 2.86. The first-order valence-corrected chi connectivity index (χ1v) is 6.94. The number of hydrogen-bond acceptors (Lipinski definition) is 3. The van der Waals surface area contributed by atoms with E-state index in [1.54, 1.807) is 14.2 Å². The summed E-state index contributed by atoms with van der Waals surface area (Å²) in [5.41, 5.74) is 0. The summed E-state index contributed by atoms with van der Waals surface area (Å²) in [6.45, 7) is 7.48. The smallest absolute Gasteiger partial charge is 0.191 e. The number of guanidine groups is 1. The Bertz CT molecular complexity index is 239. The van der Waals surface area contributed by atoms with Crippen LogP contribution in [0.25, 0.3) is 0 Å². The molecule has 0 aromatic carbocycles. The van der Waals surface area contributed by atoms with Gasteiger partial charge in [0.2, 0.25) is 0 Å². The van der Waals surface area contributed by atoms with Crippen molar-refractivity contribution < 1.29 is 4.74 Å². The summed E-state index contributed by atoms with van der Waals surface area (Å²) in [7, 11) is 3.51. The van der Waals surface area contributed by atoms with Crippen LogP contribution in [0.1, 0.15) is 26.2 Å². The summed E-state index contributed by atoms with van der Waals surface area (Å²) in [6.07, 6.45) is 3.90. The highest BCUT2D eigenvalue weighted by atomic mass is 16.5. The van der Waals surface area contributed by atoms with E-state index in [0.29, 0.717) is 6.61 Å². The second kappa shape index (κ2) is 9.16. The first-order valence-electron chi connectivity index (χ1n) is 6.94. The van der Waals surface area contributed by atoms with Crippen molar-refractivity contribution in [3.8, 4) is 0 Å². The van der Waals surface area contributed by atoms with Gasteiger partial charge in [-0.3, -0.25) is 4.99 Å². The van der Waals surface area contributed by atoms with Gasteiger partial charge in [0.05, 0.1) is 6.61 Å². The van der Waals surface area contributed by atoms with Crippen molar-refractivity contribution in [3.63, 3.8) is 0 Å². The molecule has 1 fully saturated rings. The fourth-order valence-corrected chi connectivity index (χ4v) is 2.24. The van der Waals surface area contributed by atoms with E-state index < -0.39 is 0 Å². The number of nitrogens with zero attached hydrogens (tertiary/aromatic N) is 2. The molecule has 5 heteroatoms. The first kappa shape index (κ1) is 15.2. The number of likely N-dealkylation sites (tertiary alicyclic amines) is 1. The highest BCUT2D eigenvalue weighted by Gasteiger charge is 2.10. The van der Waals surface area contributed by atoms with Gasteiger partial charge in [0.25, 0.3) is 0 Å². The molecule has 0 spiro atoms. The maximum Gasteiger partial charge on any atom is 0.191 e. The number of ether oxygens (including phenoxy) is 1. The Labute approximate surface area is 111 Å². The minimum absolute atomic E-state index is 0.278. The maximum atomic E-state index is 5.09. The summed E-state index contributed by atoms with van der Waals surface area (Å²) < 4.78 is 5.09. The van der Waals surface area contributed by atoms with Gasteiger partial charge in [0, 0.05) is 26.7 Å². The van der Waals surface area contributed by atoms with Gasteiger partial charge in [-0.25, -0.2) is 0 Å². The van der Waals surface area contributed by atoms with Crippen molar-refractivity contribution in [2.75, 3.05) is 46.9 Å². The van der Waals surface area contributed by atoms with Gasteiger partial charge < -0.3 is 20.3 Å². The molecule has 1 unspecified atom stereocenters. The molecule has 0 saturated carbocycles. The largest absolute Gasteiger partial charge is 0.383 e. The van der Waals surface area contributed by atoms with Crippen molar-refractivity contribution in [1.82, 2.24) is 15.5 Å². The van der Waals surface area contributed by atoms with Gasteiger partial charge in [-0.05, 0) is 45.8 Å². The third-order valence-electron chi connectivity index (χ3n) is 3.17. The fourth-order valence-electron chi connectivity index (χ4n) is 2.24. The summed E-state index contributed by atoms with van der Waals surface area (Å²) >= 11 is 0. The molecule has 2 N–H and O–H groups in total. The second-order valence-corrected chi connectivity index (χ2v) is 4.90. The summed E-state index contributed by atoms with van der Waals surface area (Å²) in [6, 6.07) is 0.278. The van der Waals surface area contributed by atoms with E-state index in [1.165, 1.54) is 38.9 Å². The number of rotatable bonds is 7. The highest BCUT2D eigenvalue weighted by Crippen LogP contribution is 2.06. The minimum Gasteiger partial charge on any atom is -0.383 e. The van der Waals surface area contributed by atoms with Crippen molar-refractivity contribution >= 4 is 5.96 Å². The third-order valence-corrected chi connectivity index (χ3v) is 3.17. The van der Waals surface area contributed by atoms with E-state index in [2.05, 4.69) is 27.4 Å². The number of aliphatic imine (C=N–C) groups is 1. The van der Waals surface area contributed by atoms with Crippen LogP contribution < -0.4 is 10.6 Å². The Morgan fingerprint density at radius 2 is 2.11 bits per heavy atom. The van der Waals surface area contributed by atoms with E-state index in [4.69, 9.17) is 4.74 Å². The normalized spacial score (nSPS) is 18.9. The predicted octanol–water partition coefficient (Wildman–Crippen LogP) is 0.672. The number of methoxy groups -OCH3 is 1. The lowest BCUT2D eigenvalue weighted by Gasteiger charge is -2.18. The van der Waals surface area contributed by atoms with Crippen LogP contribution in [0.2, 0.25) is 0 Å². The Balaban J connectivity index is 2.07. The SMILES string of the molecule is CN=C(NCCCN1CCCC1)NC(C)COC. The predicted molar refractivity (Wildman–Crippen MR) is 76.1 cm³/mol. The van der Waals surface area contributed by atoms with Crippen LogP contribution in [0.4, 0.5) is 0 Å². The van der Waals surface area contributed by atoms with Crippen molar-refractivity contribution in [1.29, 1.82) is 0 Å². The van der Waals surface area contributed by atoms with Gasteiger partial charge in [-0.2, -0.15) is 0 Å². The van der Waals surface area contributed by atoms with Crippen LogP contribution in [0.3, 0.4) is 0 Å². The minimum atomic E-state index is 0.278. The van der Waals surface area contributed by atoms with Crippen LogP contribution in [-0.4, -0.2) is 63.8 Å². The molecule has 1 saturated heterocycles. The van der Waals surface area contributed by atoms with Gasteiger partial charge >= 0.3 is 0 Å². The van der Waals surface area contributed by atoms with E-state index in [-0.39, 0.29) is 6.04 Å². The number of hydrogen-bond donors (Lipinski definition) is 2. The van der Waals surface area contributed by atoms with Gasteiger partial charge in [-0.1, -0.05) is 0 Å². The topological polar surface area (TPSA) is 48.9 Å². The van der Waals surface area contributed by atoms with E-state index >= 15 is 0 Å².